The number of hydrogen-bond donors (Lipinski definition) is 1. The topological polar surface area (TPSA) is 80.9 Å². The molecular formula is C18H18N4O2S. The minimum absolute atomic E-state index is 0.0228. The standard InChI is InChI=1S/C18H18N4O2S/c1-12(14-6-4-3-5-7-14)20-16(23)11-25-17-9-8-15(10-19-17)18-21-13(2)22-24-18/h3-10,12H,11H2,1-2H3,(H,20,23). The van der Waals surface area contributed by atoms with Crippen molar-refractivity contribution < 1.29 is 9.32 Å². The molecule has 128 valence electrons. The first-order valence-electron chi connectivity index (χ1n) is 7.85. The van der Waals surface area contributed by atoms with Gasteiger partial charge in [0.1, 0.15) is 0 Å². The van der Waals surface area contributed by atoms with Gasteiger partial charge in [0.2, 0.25) is 5.91 Å². The van der Waals surface area contributed by atoms with Gasteiger partial charge in [-0.15, -0.1) is 0 Å². The third-order valence-electron chi connectivity index (χ3n) is 3.54. The first-order chi connectivity index (χ1) is 12.1. The molecule has 0 aliphatic carbocycles. The molecule has 1 aromatic carbocycles. The molecule has 1 atom stereocenters. The van der Waals surface area contributed by atoms with Gasteiger partial charge in [0.15, 0.2) is 5.82 Å². The quantitative estimate of drug-likeness (QED) is 0.683. The van der Waals surface area contributed by atoms with E-state index in [0.29, 0.717) is 17.5 Å². The normalized spacial score (nSPS) is 11.9. The zero-order valence-corrected chi connectivity index (χ0v) is 14.8. The van der Waals surface area contributed by atoms with E-state index < -0.39 is 0 Å². The van der Waals surface area contributed by atoms with Crippen molar-refractivity contribution in [3.05, 3.63) is 60.0 Å². The molecule has 0 fully saturated rings. The van der Waals surface area contributed by atoms with Gasteiger partial charge in [0, 0.05) is 6.20 Å². The molecule has 0 radical (unpaired) electrons. The zero-order chi connectivity index (χ0) is 17.6. The number of amides is 1. The minimum Gasteiger partial charge on any atom is -0.349 e. The number of nitrogens with zero attached hydrogens (tertiary/aromatic N) is 3. The van der Waals surface area contributed by atoms with Crippen LogP contribution in [-0.2, 0) is 4.79 Å². The van der Waals surface area contributed by atoms with Gasteiger partial charge in [-0.25, -0.2) is 4.98 Å². The van der Waals surface area contributed by atoms with Gasteiger partial charge in [-0.05, 0) is 31.5 Å². The van der Waals surface area contributed by atoms with Gasteiger partial charge in [0.25, 0.3) is 5.89 Å². The predicted octanol–water partition coefficient (Wildman–Crippen LogP) is 3.41. The summed E-state index contributed by atoms with van der Waals surface area (Å²) < 4.78 is 5.10. The maximum Gasteiger partial charge on any atom is 0.259 e. The van der Waals surface area contributed by atoms with E-state index in [4.69, 9.17) is 4.52 Å². The van der Waals surface area contributed by atoms with Crippen molar-refractivity contribution in [3.8, 4) is 11.5 Å². The summed E-state index contributed by atoms with van der Waals surface area (Å²) in [5, 5.41) is 7.51. The number of thioether (sulfide) groups is 1. The van der Waals surface area contributed by atoms with Crippen molar-refractivity contribution in [2.24, 2.45) is 0 Å². The molecular weight excluding hydrogens is 336 g/mol. The Kier molecular flexibility index (Phi) is 5.45. The molecule has 3 rings (SSSR count). The van der Waals surface area contributed by atoms with E-state index in [9.17, 15) is 4.79 Å². The van der Waals surface area contributed by atoms with Crippen LogP contribution in [0.4, 0.5) is 0 Å². The summed E-state index contributed by atoms with van der Waals surface area (Å²) >= 11 is 1.39. The maximum absolute atomic E-state index is 12.1. The van der Waals surface area contributed by atoms with Crippen molar-refractivity contribution in [3.63, 3.8) is 0 Å². The summed E-state index contributed by atoms with van der Waals surface area (Å²) in [6.07, 6.45) is 1.67. The fourth-order valence-corrected chi connectivity index (χ4v) is 2.91. The number of nitrogens with one attached hydrogen (secondary N) is 1. The van der Waals surface area contributed by atoms with E-state index in [1.807, 2.05) is 49.4 Å². The van der Waals surface area contributed by atoms with Crippen molar-refractivity contribution >= 4 is 17.7 Å². The smallest absolute Gasteiger partial charge is 0.259 e. The van der Waals surface area contributed by atoms with E-state index in [0.717, 1.165) is 16.2 Å². The summed E-state index contributed by atoms with van der Waals surface area (Å²) in [5.41, 5.74) is 1.84. The zero-order valence-electron chi connectivity index (χ0n) is 14.0. The van der Waals surface area contributed by atoms with Crippen LogP contribution in [0, 0.1) is 6.92 Å². The number of hydrogen-bond acceptors (Lipinski definition) is 6. The molecule has 0 aliphatic heterocycles. The SMILES string of the molecule is Cc1noc(-c2ccc(SCC(=O)NC(C)c3ccccc3)nc2)n1. The van der Waals surface area contributed by atoms with Crippen LogP contribution in [0.15, 0.2) is 58.2 Å². The number of benzene rings is 1. The summed E-state index contributed by atoms with van der Waals surface area (Å²) in [4.78, 5) is 20.6. The lowest BCUT2D eigenvalue weighted by molar-refractivity contribution is -0.119. The summed E-state index contributed by atoms with van der Waals surface area (Å²) in [5.74, 6) is 1.30. The Balaban J connectivity index is 1.52. The molecule has 0 saturated heterocycles. The molecule has 7 heteroatoms. The number of rotatable bonds is 6. The Morgan fingerprint density at radius 2 is 2.04 bits per heavy atom. The Labute approximate surface area is 150 Å². The molecule has 1 N–H and O–H groups in total. The lowest BCUT2D eigenvalue weighted by Crippen LogP contribution is -2.28. The Morgan fingerprint density at radius 1 is 1.24 bits per heavy atom. The molecule has 0 saturated carbocycles. The van der Waals surface area contributed by atoms with Crippen LogP contribution in [0.3, 0.4) is 0 Å². The highest BCUT2D eigenvalue weighted by atomic mass is 32.2. The first-order valence-corrected chi connectivity index (χ1v) is 8.84. The van der Waals surface area contributed by atoms with Gasteiger partial charge in [0.05, 0.1) is 22.4 Å². The fraction of sp³-hybridized carbons (Fsp3) is 0.222. The molecule has 6 nitrogen and oxygen atoms in total. The number of aromatic nitrogens is 3. The van der Waals surface area contributed by atoms with Crippen LogP contribution in [0.25, 0.3) is 11.5 Å². The molecule has 2 heterocycles. The number of carbonyl (C=O) groups excluding carboxylic acids is 1. The third-order valence-corrected chi connectivity index (χ3v) is 4.48. The summed E-state index contributed by atoms with van der Waals surface area (Å²) in [6, 6.07) is 13.5. The fourth-order valence-electron chi connectivity index (χ4n) is 2.25. The van der Waals surface area contributed by atoms with E-state index in [1.54, 1.807) is 13.1 Å². The van der Waals surface area contributed by atoms with Crippen molar-refractivity contribution in [2.75, 3.05) is 5.75 Å². The van der Waals surface area contributed by atoms with Gasteiger partial charge in [-0.1, -0.05) is 47.3 Å². The molecule has 2 aromatic heterocycles. The lowest BCUT2D eigenvalue weighted by Gasteiger charge is -2.13. The molecule has 25 heavy (non-hydrogen) atoms. The van der Waals surface area contributed by atoms with Crippen LogP contribution in [-0.4, -0.2) is 26.8 Å². The van der Waals surface area contributed by atoms with Crippen molar-refractivity contribution in [2.45, 2.75) is 24.9 Å². The second-order valence-electron chi connectivity index (χ2n) is 5.52. The van der Waals surface area contributed by atoms with Crippen molar-refractivity contribution in [1.29, 1.82) is 0 Å². The van der Waals surface area contributed by atoms with Gasteiger partial charge < -0.3 is 9.84 Å². The predicted molar refractivity (Wildman–Crippen MR) is 96.0 cm³/mol. The third kappa shape index (κ3) is 4.67. The van der Waals surface area contributed by atoms with Crippen LogP contribution >= 0.6 is 11.8 Å². The first kappa shape index (κ1) is 17.2. The van der Waals surface area contributed by atoms with Crippen molar-refractivity contribution in [1.82, 2.24) is 20.4 Å². The maximum atomic E-state index is 12.1. The van der Waals surface area contributed by atoms with E-state index in [-0.39, 0.29) is 11.9 Å². The lowest BCUT2D eigenvalue weighted by atomic mass is 10.1. The highest BCUT2D eigenvalue weighted by Gasteiger charge is 2.11. The van der Waals surface area contributed by atoms with E-state index in [1.165, 1.54) is 11.8 Å². The largest absolute Gasteiger partial charge is 0.349 e. The summed E-state index contributed by atoms with van der Waals surface area (Å²) in [6.45, 7) is 3.73. The molecule has 1 amide bonds. The number of aryl methyl sites for hydroxylation is 1. The van der Waals surface area contributed by atoms with Gasteiger partial charge in [-0.2, -0.15) is 4.98 Å². The van der Waals surface area contributed by atoms with E-state index >= 15 is 0 Å². The Bertz CT molecular complexity index is 834. The minimum atomic E-state index is -0.0280. The highest BCUT2D eigenvalue weighted by molar-refractivity contribution is 7.99. The molecule has 0 spiro atoms. The average Bonchev–Trinajstić information content (AvgIpc) is 3.07. The molecule has 1 unspecified atom stereocenters. The van der Waals surface area contributed by atoms with Gasteiger partial charge >= 0.3 is 0 Å². The Hall–Kier alpha value is -2.67. The van der Waals surface area contributed by atoms with Crippen LogP contribution in [0.2, 0.25) is 0 Å². The van der Waals surface area contributed by atoms with Gasteiger partial charge in [-0.3, -0.25) is 4.79 Å². The van der Waals surface area contributed by atoms with Crippen LogP contribution in [0.5, 0.6) is 0 Å². The Morgan fingerprint density at radius 3 is 2.68 bits per heavy atom. The number of pyridine rings is 1. The monoisotopic (exact) mass is 354 g/mol. The van der Waals surface area contributed by atoms with Crippen LogP contribution in [0.1, 0.15) is 24.4 Å². The highest BCUT2D eigenvalue weighted by Crippen LogP contribution is 2.21. The second-order valence-corrected chi connectivity index (χ2v) is 6.52. The molecule has 0 aliphatic rings. The molecule has 0 bridgehead atoms. The number of carbonyl (C=O) groups is 1. The van der Waals surface area contributed by atoms with Crippen LogP contribution < -0.4 is 5.32 Å². The summed E-state index contributed by atoms with van der Waals surface area (Å²) in [7, 11) is 0. The van der Waals surface area contributed by atoms with E-state index in [2.05, 4.69) is 20.4 Å². The average molecular weight is 354 g/mol. The second kappa shape index (κ2) is 7.94. The molecule has 3 aromatic rings.